The Morgan fingerprint density at radius 1 is 0.583 bits per heavy atom. The standard InChI is InChI=1S/C20H14O2.Al.Li.H/c21-17-11-9-13-5-1-3-7-15(13)19(17)20-16-8-4-2-6-14(16)10-12-18(20)22;;;/h1-12,21-22H;;;/q;+2;+1;-1/p-2. The first-order valence-electron chi connectivity index (χ1n) is 7.61. The molecule has 1 radical (unpaired) electrons. The first-order chi connectivity index (χ1) is 11.4. The topological polar surface area (TPSA) is 18.5 Å². The smallest absolute Gasteiger partial charge is 1.00 e. The van der Waals surface area contributed by atoms with Crippen molar-refractivity contribution in [2.75, 3.05) is 0 Å². The summed E-state index contributed by atoms with van der Waals surface area (Å²) in [5.74, 6) is 1.82. The molecule has 0 aromatic heterocycles. The molecule has 4 heteroatoms. The van der Waals surface area contributed by atoms with E-state index in [2.05, 4.69) is 72.8 Å². The van der Waals surface area contributed by atoms with E-state index in [9.17, 15) is 0 Å². The van der Waals surface area contributed by atoms with Gasteiger partial charge in [0.15, 0.2) is 0 Å². The van der Waals surface area contributed by atoms with Crippen LogP contribution in [0.2, 0.25) is 0 Å². The van der Waals surface area contributed by atoms with Crippen molar-refractivity contribution in [3.05, 3.63) is 72.8 Å². The van der Waals surface area contributed by atoms with Crippen molar-refractivity contribution in [2.45, 2.75) is 0 Å². The van der Waals surface area contributed by atoms with Crippen LogP contribution in [-0.2, 0) is 0 Å². The van der Waals surface area contributed by atoms with E-state index in [4.69, 9.17) is 7.58 Å². The average Bonchev–Trinajstić information content (AvgIpc) is 2.81. The molecule has 1 aliphatic heterocycles. The molecule has 0 N–H and O–H groups in total. The summed E-state index contributed by atoms with van der Waals surface area (Å²) in [6.07, 6.45) is 0. The second-order valence-electron chi connectivity index (χ2n) is 5.65. The molecule has 0 saturated heterocycles. The van der Waals surface area contributed by atoms with Gasteiger partial charge in [-0.1, -0.05) is 60.7 Å². The molecule has 109 valence electrons. The van der Waals surface area contributed by atoms with Crippen molar-refractivity contribution in [3.63, 3.8) is 0 Å². The van der Waals surface area contributed by atoms with Crippen LogP contribution in [0.1, 0.15) is 1.43 Å². The molecule has 1 heterocycles. The van der Waals surface area contributed by atoms with Crippen LogP contribution < -0.4 is 26.4 Å². The van der Waals surface area contributed by atoms with Crippen LogP contribution in [0.4, 0.5) is 0 Å². The van der Waals surface area contributed by atoms with Gasteiger partial charge in [-0.05, 0) is 33.7 Å². The Balaban J connectivity index is 0.000000911. The van der Waals surface area contributed by atoms with E-state index >= 15 is 0 Å². The van der Waals surface area contributed by atoms with E-state index in [0.29, 0.717) is 0 Å². The van der Waals surface area contributed by atoms with Crippen molar-refractivity contribution in [2.24, 2.45) is 0 Å². The quantitative estimate of drug-likeness (QED) is 0.462. The first kappa shape index (κ1) is 15.6. The molecule has 0 atom stereocenters. The van der Waals surface area contributed by atoms with Crippen LogP contribution in [-0.4, -0.2) is 15.9 Å². The van der Waals surface area contributed by atoms with Crippen LogP contribution in [0.25, 0.3) is 32.7 Å². The Hall–Kier alpha value is -1.87. The summed E-state index contributed by atoms with van der Waals surface area (Å²) in [5, 5.41) is 4.83. The molecular formula is C20H13AlLiO2. The SMILES string of the molecule is [H-].[Li+].c1ccc2c3c(ccc2c1)[O][Al][O]c1ccc2ccccc2c1-3. The second-order valence-corrected chi connectivity index (χ2v) is 6.32. The maximum Gasteiger partial charge on any atom is 1.00 e. The van der Waals surface area contributed by atoms with Gasteiger partial charge in [-0.2, -0.15) is 0 Å². The summed E-state index contributed by atoms with van der Waals surface area (Å²) in [5.41, 5.74) is 2.28. The van der Waals surface area contributed by atoms with Gasteiger partial charge in [0.2, 0.25) is 0 Å². The Morgan fingerprint density at radius 2 is 1.04 bits per heavy atom. The van der Waals surface area contributed by atoms with Gasteiger partial charge in [0.05, 0.1) is 11.5 Å². The monoisotopic (exact) mass is 319 g/mol. The zero-order valence-corrected chi connectivity index (χ0v) is 14.5. The number of rotatable bonds is 0. The zero-order chi connectivity index (χ0) is 15.2. The number of benzene rings is 4. The zero-order valence-electron chi connectivity index (χ0n) is 14.3. The third-order valence-electron chi connectivity index (χ3n) is 4.38. The fourth-order valence-electron chi connectivity index (χ4n) is 3.34. The third kappa shape index (κ3) is 2.34. The van der Waals surface area contributed by atoms with E-state index in [0.717, 1.165) is 22.6 Å². The minimum atomic E-state index is -0.553. The van der Waals surface area contributed by atoms with E-state index in [1.54, 1.807) is 0 Å². The van der Waals surface area contributed by atoms with Crippen molar-refractivity contribution >= 4 is 37.4 Å². The normalized spacial score (nSPS) is 12.0. The molecule has 0 saturated carbocycles. The molecule has 4 aromatic rings. The van der Waals surface area contributed by atoms with E-state index in [-0.39, 0.29) is 20.3 Å². The summed E-state index contributed by atoms with van der Waals surface area (Å²) in [7, 11) is 0. The average molecular weight is 319 g/mol. The van der Waals surface area contributed by atoms with E-state index < -0.39 is 15.9 Å². The first-order valence-corrected chi connectivity index (χ1v) is 8.55. The van der Waals surface area contributed by atoms with E-state index in [1.165, 1.54) is 21.5 Å². The Labute approximate surface area is 160 Å². The van der Waals surface area contributed by atoms with Gasteiger partial charge in [0.25, 0.3) is 0 Å². The van der Waals surface area contributed by atoms with Crippen molar-refractivity contribution in [1.29, 1.82) is 0 Å². The molecule has 1 aliphatic rings. The van der Waals surface area contributed by atoms with Crippen LogP contribution in [0.3, 0.4) is 0 Å². The summed E-state index contributed by atoms with van der Waals surface area (Å²) in [6, 6.07) is 25.2. The maximum atomic E-state index is 5.95. The predicted molar refractivity (Wildman–Crippen MR) is 95.0 cm³/mol. The number of hydrogen-bond acceptors (Lipinski definition) is 2. The van der Waals surface area contributed by atoms with Crippen LogP contribution in [0.5, 0.6) is 11.5 Å². The number of hydrogen-bond donors (Lipinski definition) is 0. The van der Waals surface area contributed by atoms with Crippen molar-refractivity contribution < 1.29 is 27.9 Å². The van der Waals surface area contributed by atoms with Crippen LogP contribution >= 0.6 is 0 Å². The van der Waals surface area contributed by atoms with Gasteiger partial charge < -0.3 is 9.00 Å². The summed E-state index contributed by atoms with van der Waals surface area (Å²) < 4.78 is 11.9. The summed E-state index contributed by atoms with van der Waals surface area (Å²) in [4.78, 5) is 0. The molecule has 2 nitrogen and oxygen atoms in total. The summed E-state index contributed by atoms with van der Waals surface area (Å²) >= 11 is -0.553. The van der Waals surface area contributed by atoms with Gasteiger partial charge in [-0.25, -0.2) is 0 Å². The minimum absolute atomic E-state index is 0. The Morgan fingerprint density at radius 3 is 1.54 bits per heavy atom. The van der Waals surface area contributed by atoms with Gasteiger partial charge in [0.1, 0.15) is 0 Å². The molecule has 0 bridgehead atoms. The second kappa shape index (κ2) is 6.21. The van der Waals surface area contributed by atoms with Crippen molar-refractivity contribution in [3.8, 4) is 22.6 Å². The molecule has 24 heavy (non-hydrogen) atoms. The summed E-state index contributed by atoms with van der Waals surface area (Å²) in [6.45, 7) is 0. The Kier molecular flexibility index (Phi) is 4.05. The fraction of sp³-hybridized carbons (Fsp3) is 0. The predicted octanol–water partition coefficient (Wildman–Crippen LogP) is 2.08. The van der Waals surface area contributed by atoms with Gasteiger partial charge >= 0.3 is 34.7 Å². The molecule has 0 fully saturated rings. The van der Waals surface area contributed by atoms with Gasteiger partial charge in [-0.15, -0.1) is 0 Å². The molecular weight excluding hydrogens is 306 g/mol. The number of fused-ring (bicyclic) bond motifs is 7. The molecule has 0 amide bonds. The van der Waals surface area contributed by atoms with Crippen molar-refractivity contribution in [1.82, 2.24) is 0 Å². The molecule has 0 aliphatic carbocycles. The molecule has 0 unspecified atom stereocenters. The molecule has 5 rings (SSSR count). The minimum Gasteiger partial charge on any atom is -1.00 e. The fourth-order valence-corrected chi connectivity index (χ4v) is 3.99. The largest absolute Gasteiger partial charge is 1.00 e. The maximum absolute atomic E-state index is 5.95. The molecule has 4 aromatic carbocycles. The third-order valence-corrected chi connectivity index (χ3v) is 5.08. The van der Waals surface area contributed by atoms with E-state index in [1.807, 2.05) is 0 Å². The van der Waals surface area contributed by atoms with Gasteiger partial charge in [0, 0.05) is 11.1 Å². The van der Waals surface area contributed by atoms with Crippen LogP contribution in [0, 0.1) is 0 Å². The van der Waals surface area contributed by atoms with Gasteiger partial charge in [-0.3, -0.25) is 0 Å². The Bertz CT molecular complexity index is 983. The van der Waals surface area contributed by atoms with Crippen LogP contribution in [0.15, 0.2) is 72.8 Å². The molecule has 0 spiro atoms.